The molecule has 0 radical (unpaired) electrons. The lowest BCUT2D eigenvalue weighted by molar-refractivity contribution is -0.139. The molecular formula is C11H17N3O4S. The average Bonchev–Trinajstić information content (AvgIpc) is 2.58. The molecule has 1 atom stereocenters. The largest absolute Gasteiger partial charge is 0.480 e. The Hall–Kier alpha value is -1.70. The molecule has 0 aliphatic rings. The molecule has 0 bridgehead atoms. The van der Waals surface area contributed by atoms with Gasteiger partial charge >= 0.3 is 5.97 Å². The van der Waals surface area contributed by atoms with Gasteiger partial charge in [0.1, 0.15) is 11.6 Å². The summed E-state index contributed by atoms with van der Waals surface area (Å²) in [6.45, 7) is 1.59. The number of hydrogen-bond acceptors (Lipinski definition) is 4. The van der Waals surface area contributed by atoms with Crippen molar-refractivity contribution in [3.05, 3.63) is 21.6 Å². The van der Waals surface area contributed by atoms with Gasteiger partial charge in [-0.15, -0.1) is 0 Å². The van der Waals surface area contributed by atoms with E-state index in [2.05, 4.69) is 10.4 Å². The normalized spacial score (nSPS) is 12.2. The van der Waals surface area contributed by atoms with E-state index in [0.717, 1.165) is 0 Å². The molecule has 1 amide bonds. The van der Waals surface area contributed by atoms with Gasteiger partial charge in [-0.1, -0.05) is 0 Å². The molecular weight excluding hydrogens is 270 g/mol. The minimum atomic E-state index is -1.10. The van der Waals surface area contributed by atoms with Crippen molar-refractivity contribution in [2.45, 2.75) is 19.4 Å². The first-order valence-corrected chi connectivity index (χ1v) is 7.06. The minimum Gasteiger partial charge on any atom is -0.480 e. The van der Waals surface area contributed by atoms with E-state index >= 15 is 0 Å². The summed E-state index contributed by atoms with van der Waals surface area (Å²) >= 11 is 1.49. The van der Waals surface area contributed by atoms with Crippen LogP contribution in [0.2, 0.25) is 0 Å². The van der Waals surface area contributed by atoms with Gasteiger partial charge < -0.3 is 10.4 Å². The van der Waals surface area contributed by atoms with E-state index in [1.807, 2.05) is 6.26 Å². The van der Waals surface area contributed by atoms with E-state index in [-0.39, 0.29) is 5.56 Å². The Kier molecular flexibility index (Phi) is 5.22. The number of thioether (sulfide) groups is 1. The summed E-state index contributed by atoms with van der Waals surface area (Å²) in [6.07, 6.45) is 2.17. The molecule has 0 aliphatic heterocycles. The van der Waals surface area contributed by atoms with Crippen LogP contribution in [0.25, 0.3) is 0 Å². The maximum Gasteiger partial charge on any atom is 0.326 e. The van der Waals surface area contributed by atoms with Gasteiger partial charge in [0.15, 0.2) is 0 Å². The highest BCUT2D eigenvalue weighted by atomic mass is 32.2. The second kappa shape index (κ2) is 6.46. The summed E-state index contributed by atoms with van der Waals surface area (Å²) in [5.74, 6) is -1.15. The smallest absolute Gasteiger partial charge is 0.326 e. The first-order valence-electron chi connectivity index (χ1n) is 5.66. The molecule has 7 nitrogen and oxygen atoms in total. The number of carboxylic acid groups (broad SMARTS) is 1. The number of carbonyl (C=O) groups excluding carboxylic acids is 1. The maximum absolute atomic E-state index is 12.0. The fourth-order valence-corrected chi connectivity index (χ4v) is 2.15. The third-order valence-corrected chi connectivity index (χ3v) is 3.31. The standard InChI is InChI=1S/C11H17N3O4S/c1-6-8(10(16)14(2)13-6)9(15)12-7(11(17)18)4-5-19-3/h7,13H,4-5H2,1-3H3,(H,12,15)(H,17,18). The summed E-state index contributed by atoms with van der Waals surface area (Å²) in [5, 5.41) is 14.1. The highest BCUT2D eigenvalue weighted by molar-refractivity contribution is 7.98. The van der Waals surface area contributed by atoms with Crippen molar-refractivity contribution in [2.24, 2.45) is 7.05 Å². The van der Waals surface area contributed by atoms with Gasteiger partial charge in [0.05, 0.1) is 0 Å². The zero-order valence-corrected chi connectivity index (χ0v) is 11.8. The molecule has 0 fully saturated rings. The zero-order chi connectivity index (χ0) is 14.6. The van der Waals surface area contributed by atoms with E-state index < -0.39 is 23.5 Å². The van der Waals surface area contributed by atoms with Gasteiger partial charge in [-0.05, 0) is 25.4 Å². The molecule has 0 saturated heterocycles. The molecule has 3 N–H and O–H groups in total. The van der Waals surface area contributed by atoms with Gasteiger partial charge in [0.2, 0.25) is 0 Å². The van der Waals surface area contributed by atoms with Gasteiger partial charge in [0, 0.05) is 12.7 Å². The van der Waals surface area contributed by atoms with Crippen LogP contribution in [0.5, 0.6) is 0 Å². The van der Waals surface area contributed by atoms with Crippen molar-refractivity contribution in [1.82, 2.24) is 15.1 Å². The molecule has 1 aromatic rings. The molecule has 0 saturated carbocycles. The van der Waals surface area contributed by atoms with Crippen LogP contribution < -0.4 is 10.9 Å². The highest BCUT2D eigenvalue weighted by Gasteiger charge is 2.24. The third-order valence-electron chi connectivity index (χ3n) is 2.67. The van der Waals surface area contributed by atoms with E-state index in [0.29, 0.717) is 17.9 Å². The average molecular weight is 287 g/mol. The lowest BCUT2D eigenvalue weighted by atomic mass is 10.2. The number of amides is 1. The number of rotatable bonds is 6. The molecule has 0 aliphatic carbocycles. The predicted octanol–water partition coefficient (Wildman–Crippen LogP) is -0.0421. The summed E-state index contributed by atoms with van der Waals surface area (Å²) in [7, 11) is 1.49. The van der Waals surface area contributed by atoms with E-state index in [9.17, 15) is 14.4 Å². The van der Waals surface area contributed by atoms with Gasteiger partial charge in [-0.3, -0.25) is 19.4 Å². The number of aliphatic carboxylic acids is 1. The van der Waals surface area contributed by atoms with E-state index in [1.54, 1.807) is 6.92 Å². The van der Waals surface area contributed by atoms with Crippen molar-refractivity contribution in [1.29, 1.82) is 0 Å². The Morgan fingerprint density at radius 1 is 1.53 bits per heavy atom. The monoisotopic (exact) mass is 287 g/mol. The number of H-pyrrole nitrogens is 1. The Balaban J connectivity index is 2.88. The number of aromatic amines is 1. The van der Waals surface area contributed by atoms with Crippen LogP contribution in [0.15, 0.2) is 4.79 Å². The Labute approximate surface area is 114 Å². The number of nitrogens with zero attached hydrogens (tertiary/aromatic N) is 1. The highest BCUT2D eigenvalue weighted by Crippen LogP contribution is 2.04. The molecule has 1 rings (SSSR count). The Bertz CT molecular complexity index is 535. The van der Waals surface area contributed by atoms with Crippen LogP contribution in [0.3, 0.4) is 0 Å². The van der Waals surface area contributed by atoms with Crippen LogP contribution in [0.4, 0.5) is 0 Å². The minimum absolute atomic E-state index is 0.0436. The summed E-state index contributed by atoms with van der Waals surface area (Å²) in [5.41, 5.74) is -0.0964. The molecule has 0 aromatic carbocycles. The lowest BCUT2D eigenvalue weighted by Gasteiger charge is -2.13. The summed E-state index contributed by atoms with van der Waals surface area (Å²) in [6, 6.07) is -0.987. The van der Waals surface area contributed by atoms with Crippen molar-refractivity contribution < 1.29 is 14.7 Å². The number of carboxylic acids is 1. The summed E-state index contributed by atoms with van der Waals surface area (Å²) < 4.78 is 1.18. The van der Waals surface area contributed by atoms with Crippen molar-refractivity contribution in [2.75, 3.05) is 12.0 Å². The first kappa shape index (κ1) is 15.4. The van der Waals surface area contributed by atoms with E-state index in [1.165, 1.54) is 23.5 Å². The number of nitrogens with one attached hydrogen (secondary N) is 2. The molecule has 8 heteroatoms. The maximum atomic E-state index is 12.0. The fourth-order valence-electron chi connectivity index (χ4n) is 1.68. The quantitative estimate of drug-likeness (QED) is 0.681. The van der Waals surface area contributed by atoms with Crippen LogP contribution >= 0.6 is 11.8 Å². The topological polar surface area (TPSA) is 104 Å². The second-order valence-corrected chi connectivity index (χ2v) is 5.11. The van der Waals surface area contributed by atoms with Gasteiger partial charge in [-0.25, -0.2) is 4.79 Å². The number of aryl methyl sites for hydroxylation is 2. The van der Waals surface area contributed by atoms with Crippen LogP contribution in [-0.2, 0) is 11.8 Å². The molecule has 0 spiro atoms. The summed E-state index contributed by atoms with van der Waals surface area (Å²) in [4.78, 5) is 34.7. The molecule has 1 heterocycles. The van der Waals surface area contributed by atoms with Gasteiger partial charge in [0.25, 0.3) is 11.5 Å². The number of aromatic nitrogens is 2. The molecule has 1 unspecified atom stereocenters. The zero-order valence-electron chi connectivity index (χ0n) is 11.0. The lowest BCUT2D eigenvalue weighted by Crippen LogP contribution is -2.42. The number of hydrogen-bond donors (Lipinski definition) is 3. The van der Waals surface area contributed by atoms with Crippen molar-refractivity contribution >= 4 is 23.6 Å². The molecule has 1 aromatic heterocycles. The molecule has 106 valence electrons. The SMILES string of the molecule is CSCCC(NC(=O)c1c(C)[nH]n(C)c1=O)C(=O)O. The van der Waals surface area contributed by atoms with Crippen LogP contribution in [0, 0.1) is 6.92 Å². The fraction of sp³-hybridized carbons (Fsp3) is 0.545. The Morgan fingerprint density at radius 2 is 2.16 bits per heavy atom. The van der Waals surface area contributed by atoms with Crippen molar-refractivity contribution in [3.8, 4) is 0 Å². The van der Waals surface area contributed by atoms with E-state index in [4.69, 9.17) is 5.11 Å². The first-order chi connectivity index (χ1) is 8.88. The van der Waals surface area contributed by atoms with Crippen LogP contribution in [-0.4, -0.2) is 44.8 Å². The van der Waals surface area contributed by atoms with Crippen LogP contribution in [0.1, 0.15) is 22.5 Å². The Morgan fingerprint density at radius 3 is 2.58 bits per heavy atom. The number of carbonyl (C=O) groups is 2. The second-order valence-electron chi connectivity index (χ2n) is 4.12. The molecule has 19 heavy (non-hydrogen) atoms. The third kappa shape index (κ3) is 3.63. The van der Waals surface area contributed by atoms with Crippen molar-refractivity contribution in [3.63, 3.8) is 0 Å². The van der Waals surface area contributed by atoms with Gasteiger partial charge in [-0.2, -0.15) is 11.8 Å². The predicted molar refractivity (Wildman–Crippen MR) is 72.7 cm³/mol.